The molecule has 24 heavy (non-hydrogen) atoms. The van der Waals surface area contributed by atoms with Gasteiger partial charge in [-0.25, -0.2) is 9.97 Å². The standard InChI is InChI=1S/C18H18N4O2/c1-10-11(2)21-16-15(10)17(20-9-19-16)22-18(23)14-7-12-5-3-4-6-13(12)8-24-14/h3-6,9,14H,7-8H2,1-2H3,(H2,19,20,21,22,23)/t14-/m0/s1. The molecule has 1 aromatic carbocycles. The highest BCUT2D eigenvalue weighted by molar-refractivity contribution is 6.02. The van der Waals surface area contributed by atoms with Crippen LogP contribution in [0.4, 0.5) is 5.82 Å². The number of amides is 1. The Hall–Kier alpha value is -2.73. The molecule has 6 nitrogen and oxygen atoms in total. The minimum atomic E-state index is -0.509. The molecule has 0 unspecified atom stereocenters. The molecular weight excluding hydrogens is 304 g/mol. The van der Waals surface area contributed by atoms with Crippen molar-refractivity contribution in [3.05, 3.63) is 53.0 Å². The van der Waals surface area contributed by atoms with E-state index in [1.807, 2.05) is 38.1 Å². The van der Waals surface area contributed by atoms with Gasteiger partial charge in [0.05, 0.1) is 12.0 Å². The highest BCUT2D eigenvalue weighted by atomic mass is 16.5. The molecular formula is C18H18N4O2. The average molecular weight is 322 g/mol. The van der Waals surface area contributed by atoms with Crippen LogP contribution in [0.2, 0.25) is 0 Å². The molecule has 1 aliphatic heterocycles. The lowest BCUT2D eigenvalue weighted by molar-refractivity contribution is -0.129. The van der Waals surface area contributed by atoms with Gasteiger partial charge < -0.3 is 15.0 Å². The van der Waals surface area contributed by atoms with Crippen LogP contribution >= 0.6 is 0 Å². The summed E-state index contributed by atoms with van der Waals surface area (Å²) in [4.78, 5) is 24.3. The number of nitrogens with zero attached hydrogens (tertiary/aromatic N) is 2. The number of aryl methyl sites for hydroxylation is 2. The van der Waals surface area contributed by atoms with E-state index >= 15 is 0 Å². The van der Waals surface area contributed by atoms with Gasteiger partial charge in [0, 0.05) is 12.1 Å². The molecule has 122 valence electrons. The number of anilines is 1. The van der Waals surface area contributed by atoms with Crippen molar-refractivity contribution >= 4 is 22.8 Å². The Bertz CT molecular complexity index is 932. The number of aromatic amines is 1. The first-order chi connectivity index (χ1) is 11.6. The molecule has 1 amide bonds. The number of hydrogen-bond acceptors (Lipinski definition) is 4. The summed E-state index contributed by atoms with van der Waals surface area (Å²) in [7, 11) is 0. The third-order valence-electron chi connectivity index (χ3n) is 4.59. The molecule has 2 aromatic heterocycles. The summed E-state index contributed by atoms with van der Waals surface area (Å²) in [6.45, 7) is 4.42. The number of hydrogen-bond donors (Lipinski definition) is 2. The monoisotopic (exact) mass is 322 g/mol. The predicted octanol–water partition coefficient (Wildman–Crippen LogP) is 2.65. The molecule has 3 aromatic rings. The van der Waals surface area contributed by atoms with Gasteiger partial charge in [-0.1, -0.05) is 24.3 Å². The van der Waals surface area contributed by atoms with Gasteiger partial charge in [0.2, 0.25) is 0 Å². The fourth-order valence-electron chi connectivity index (χ4n) is 3.10. The number of nitrogens with one attached hydrogen (secondary N) is 2. The molecule has 0 saturated heterocycles. The largest absolute Gasteiger partial charge is 0.363 e. The number of carbonyl (C=O) groups excluding carboxylic acids is 1. The van der Waals surface area contributed by atoms with E-state index in [0.717, 1.165) is 33.4 Å². The summed E-state index contributed by atoms with van der Waals surface area (Å²) in [6.07, 6.45) is 1.51. The number of H-pyrrole nitrogens is 1. The van der Waals surface area contributed by atoms with Crippen molar-refractivity contribution < 1.29 is 9.53 Å². The Kier molecular flexibility index (Phi) is 3.54. The maximum Gasteiger partial charge on any atom is 0.255 e. The molecule has 0 fully saturated rings. The van der Waals surface area contributed by atoms with Gasteiger partial charge in [-0.15, -0.1) is 0 Å². The average Bonchev–Trinajstić information content (AvgIpc) is 2.90. The lowest BCUT2D eigenvalue weighted by Gasteiger charge is -2.24. The van der Waals surface area contributed by atoms with E-state index in [-0.39, 0.29) is 5.91 Å². The van der Waals surface area contributed by atoms with Crippen LogP contribution in [0.25, 0.3) is 11.0 Å². The zero-order valence-electron chi connectivity index (χ0n) is 13.6. The molecule has 0 saturated carbocycles. The van der Waals surface area contributed by atoms with Crippen LogP contribution in [0.1, 0.15) is 22.4 Å². The van der Waals surface area contributed by atoms with Gasteiger partial charge in [-0.05, 0) is 30.5 Å². The summed E-state index contributed by atoms with van der Waals surface area (Å²) < 4.78 is 5.72. The second kappa shape index (κ2) is 5.72. The highest BCUT2D eigenvalue weighted by Crippen LogP contribution is 2.26. The second-order valence-electron chi connectivity index (χ2n) is 6.08. The zero-order valence-corrected chi connectivity index (χ0v) is 13.6. The van der Waals surface area contributed by atoms with Crippen molar-refractivity contribution in [3.8, 4) is 0 Å². The third-order valence-corrected chi connectivity index (χ3v) is 4.59. The van der Waals surface area contributed by atoms with Crippen molar-refractivity contribution in [2.24, 2.45) is 0 Å². The summed E-state index contributed by atoms with van der Waals surface area (Å²) in [5.74, 6) is 0.345. The van der Waals surface area contributed by atoms with Crippen LogP contribution in [0.5, 0.6) is 0 Å². The van der Waals surface area contributed by atoms with Gasteiger partial charge in [-0.3, -0.25) is 4.79 Å². The molecule has 2 N–H and O–H groups in total. The topological polar surface area (TPSA) is 79.9 Å². The van der Waals surface area contributed by atoms with Crippen LogP contribution in [-0.2, 0) is 22.6 Å². The minimum absolute atomic E-state index is 0.178. The number of rotatable bonds is 2. The van der Waals surface area contributed by atoms with E-state index in [0.29, 0.717) is 18.8 Å². The van der Waals surface area contributed by atoms with Crippen LogP contribution in [0, 0.1) is 13.8 Å². The molecule has 0 spiro atoms. The van der Waals surface area contributed by atoms with Crippen molar-refractivity contribution in [1.82, 2.24) is 15.0 Å². The Labute approximate surface area is 139 Å². The molecule has 6 heteroatoms. The van der Waals surface area contributed by atoms with E-state index in [1.54, 1.807) is 0 Å². The Morgan fingerprint density at radius 1 is 1.25 bits per heavy atom. The minimum Gasteiger partial charge on any atom is -0.363 e. The van der Waals surface area contributed by atoms with Gasteiger partial charge in [0.25, 0.3) is 5.91 Å². The first-order valence-corrected chi connectivity index (χ1v) is 7.92. The van der Waals surface area contributed by atoms with Gasteiger partial charge in [0.1, 0.15) is 23.9 Å². The van der Waals surface area contributed by atoms with E-state index in [1.165, 1.54) is 6.33 Å². The summed E-state index contributed by atoms with van der Waals surface area (Å²) in [6, 6.07) is 8.04. The van der Waals surface area contributed by atoms with E-state index < -0.39 is 6.10 Å². The predicted molar refractivity (Wildman–Crippen MR) is 90.7 cm³/mol. The van der Waals surface area contributed by atoms with Gasteiger partial charge >= 0.3 is 0 Å². The van der Waals surface area contributed by atoms with Crippen LogP contribution in [0.3, 0.4) is 0 Å². The number of ether oxygens (including phenoxy) is 1. The van der Waals surface area contributed by atoms with Crippen molar-refractivity contribution in [2.75, 3.05) is 5.32 Å². The highest BCUT2D eigenvalue weighted by Gasteiger charge is 2.26. The van der Waals surface area contributed by atoms with Gasteiger partial charge in [-0.2, -0.15) is 0 Å². The SMILES string of the molecule is Cc1[nH]c2ncnc(NC(=O)[C@@H]3Cc4ccccc4CO3)c2c1C. The first kappa shape index (κ1) is 14.8. The Balaban J connectivity index is 1.59. The summed E-state index contributed by atoms with van der Waals surface area (Å²) in [5.41, 5.74) is 5.08. The van der Waals surface area contributed by atoms with Crippen LogP contribution < -0.4 is 5.32 Å². The van der Waals surface area contributed by atoms with Crippen LogP contribution in [0.15, 0.2) is 30.6 Å². The van der Waals surface area contributed by atoms with E-state index in [2.05, 4.69) is 20.3 Å². The fraction of sp³-hybridized carbons (Fsp3) is 0.278. The van der Waals surface area contributed by atoms with E-state index in [9.17, 15) is 4.79 Å². The molecule has 0 radical (unpaired) electrons. The summed E-state index contributed by atoms with van der Waals surface area (Å²) in [5, 5.41) is 3.75. The van der Waals surface area contributed by atoms with E-state index in [4.69, 9.17) is 4.74 Å². The number of carbonyl (C=O) groups is 1. The van der Waals surface area contributed by atoms with Crippen molar-refractivity contribution in [2.45, 2.75) is 33.0 Å². The molecule has 1 aliphatic rings. The maximum atomic E-state index is 12.6. The lowest BCUT2D eigenvalue weighted by atomic mass is 9.99. The smallest absolute Gasteiger partial charge is 0.255 e. The lowest BCUT2D eigenvalue weighted by Crippen LogP contribution is -2.35. The quantitative estimate of drug-likeness (QED) is 0.760. The fourth-order valence-corrected chi connectivity index (χ4v) is 3.10. The molecule has 0 aliphatic carbocycles. The number of benzene rings is 1. The maximum absolute atomic E-state index is 12.6. The number of aromatic nitrogens is 3. The van der Waals surface area contributed by atoms with Gasteiger partial charge in [0.15, 0.2) is 0 Å². The molecule has 4 rings (SSSR count). The second-order valence-corrected chi connectivity index (χ2v) is 6.08. The van der Waals surface area contributed by atoms with Crippen molar-refractivity contribution in [3.63, 3.8) is 0 Å². The molecule has 0 bridgehead atoms. The normalized spacial score (nSPS) is 16.8. The third kappa shape index (κ3) is 2.45. The van der Waals surface area contributed by atoms with Crippen molar-refractivity contribution in [1.29, 1.82) is 0 Å². The Morgan fingerprint density at radius 3 is 2.88 bits per heavy atom. The number of fused-ring (bicyclic) bond motifs is 2. The molecule has 1 atom stereocenters. The summed E-state index contributed by atoms with van der Waals surface area (Å²) >= 11 is 0. The Morgan fingerprint density at radius 2 is 2.04 bits per heavy atom. The zero-order chi connectivity index (χ0) is 16.7. The van der Waals surface area contributed by atoms with Crippen LogP contribution in [-0.4, -0.2) is 27.0 Å². The molecule has 3 heterocycles. The first-order valence-electron chi connectivity index (χ1n) is 7.92.